The van der Waals surface area contributed by atoms with Gasteiger partial charge in [0.2, 0.25) is 5.91 Å². The van der Waals surface area contributed by atoms with E-state index in [1.807, 2.05) is 20.0 Å². The van der Waals surface area contributed by atoms with Gasteiger partial charge in [-0.3, -0.25) is 4.79 Å². The number of hydrogen-bond donors (Lipinski definition) is 2. The van der Waals surface area contributed by atoms with E-state index in [9.17, 15) is 4.79 Å². The molecule has 0 saturated carbocycles. The fourth-order valence-corrected chi connectivity index (χ4v) is 2.11. The molecule has 4 nitrogen and oxygen atoms in total. The average Bonchev–Trinajstić information content (AvgIpc) is 2.70. The molecule has 1 rings (SSSR count). The van der Waals surface area contributed by atoms with E-state index in [2.05, 4.69) is 22.5 Å². The van der Waals surface area contributed by atoms with E-state index in [0.29, 0.717) is 13.0 Å². The summed E-state index contributed by atoms with van der Waals surface area (Å²) in [5.41, 5.74) is 0. The molecule has 0 aromatic carbocycles. The van der Waals surface area contributed by atoms with E-state index in [1.54, 1.807) is 11.3 Å². The van der Waals surface area contributed by atoms with Crippen LogP contribution in [0.5, 0.6) is 0 Å². The Hall–Kier alpha value is -0.940. The van der Waals surface area contributed by atoms with Crippen molar-refractivity contribution in [2.75, 3.05) is 6.54 Å². The Morgan fingerprint density at radius 1 is 1.59 bits per heavy atom. The first-order valence-electron chi connectivity index (χ1n) is 6.03. The number of nitrogens with zero attached hydrogens (tertiary/aromatic N) is 1. The molecule has 0 saturated heterocycles. The smallest absolute Gasteiger partial charge is 0.221 e. The average molecular weight is 255 g/mol. The molecule has 0 aliphatic heterocycles. The fraction of sp³-hybridized carbons (Fsp3) is 0.667. The summed E-state index contributed by atoms with van der Waals surface area (Å²) in [6, 6.07) is 0.270. The van der Waals surface area contributed by atoms with Crippen LogP contribution in [0.3, 0.4) is 0 Å². The highest BCUT2D eigenvalue weighted by Gasteiger charge is 2.04. The van der Waals surface area contributed by atoms with E-state index < -0.39 is 0 Å². The van der Waals surface area contributed by atoms with Crippen molar-refractivity contribution in [3.63, 3.8) is 0 Å². The summed E-state index contributed by atoms with van der Waals surface area (Å²) in [5, 5.41) is 7.27. The first kappa shape index (κ1) is 14.1. The molecule has 1 atom stereocenters. The first-order chi connectivity index (χ1) is 8.11. The first-order valence-corrected chi connectivity index (χ1v) is 6.84. The molecule has 2 N–H and O–H groups in total. The lowest BCUT2D eigenvalue weighted by molar-refractivity contribution is -0.121. The number of carbonyl (C=O) groups is 1. The predicted octanol–water partition coefficient (Wildman–Crippen LogP) is 1.85. The largest absolute Gasteiger partial charge is 0.354 e. The molecule has 1 aromatic heterocycles. The third-order valence-corrected chi connectivity index (χ3v) is 3.43. The SMILES string of the molecule is CCC(C)NC(=O)CCNCc1cnc(C)s1. The van der Waals surface area contributed by atoms with Gasteiger partial charge in [0, 0.05) is 36.6 Å². The van der Waals surface area contributed by atoms with Crippen molar-refractivity contribution >= 4 is 17.2 Å². The maximum atomic E-state index is 11.5. The summed E-state index contributed by atoms with van der Waals surface area (Å²) >= 11 is 1.69. The minimum atomic E-state index is 0.118. The van der Waals surface area contributed by atoms with Crippen molar-refractivity contribution in [1.82, 2.24) is 15.6 Å². The Morgan fingerprint density at radius 3 is 2.94 bits per heavy atom. The lowest BCUT2D eigenvalue weighted by Gasteiger charge is -2.11. The third-order valence-electron chi connectivity index (χ3n) is 2.52. The molecule has 0 aliphatic carbocycles. The maximum Gasteiger partial charge on any atom is 0.221 e. The van der Waals surface area contributed by atoms with Gasteiger partial charge in [-0.05, 0) is 20.3 Å². The number of rotatable bonds is 7. The van der Waals surface area contributed by atoms with Crippen LogP contribution in [0.1, 0.15) is 36.6 Å². The number of aryl methyl sites for hydroxylation is 1. The summed E-state index contributed by atoms with van der Waals surface area (Å²) in [4.78, 5) is 16.9. The van der Waals surface area contributed by atoms with Crippen LogP contribution in [0.25, 0.3) is 0 Å². The highest BCUT2D eigenvalue weighted by molar-refractivity contribution is 7.11. The summed E-state index contributed by atoms with van der Waals surface area (Å²) in [6.07, 6.45) is 3.38. The van der Waals surface area contributed by atoms with Gasteiger partial charge in [-0.25, -0.2) is 4.98 Å². The summed E-state index contributed by atoms with van der Waals surface area (Å²) in [5.74, 6) is 0.118. The van der Waals surface area contributed by atoms with Crippen molar-refractivity contribution in [3.8, 4) is 0 Å². The van der Waals surface area contributed by atoms with E-state index in [0.717, 1.165) is 18.0 Å². The quantitative estimate of drug-likeness (QED) is 0.731. The van der Waals surface area contributed by atoms with E-state index in [1.165, 1.54) is 4.88 Å². The van der Waals surface area contributed by atoms with Gasteiger partial charge in [-0.2, -0.15) is 0 Å². The minimum Gasteiger partial charge on any atom is -0.354 e. The second-order valence-electron chi connectivity index (χ2n) is 4.15. The second-order valence-corrected chi connectivity index (χ2v) is 5.47. The number of aromatic nitrogens is 1. The van der Waals surface area contributed by atoms with Crippen molar-refractivity contribution in [1.29, 1.82) is 0 Å². The lowest BCUT2D eigenvalue weighted by atomic mass is 10.2. The topological polar surface area (TPSA) is 54.0 Å². The molecule has 0 fully saturated rings. The van der Waals surface area contributed by atoms with Crippen molar-refractivity contribution in [2.45, 2.75) is 46.2 Å². The van der Waals surface area contributed by atoms with Gasteiger partial charge in [0.15, 0.2) is 0 Å². The van der Waals surface area contributed by atoms with Gasteiger partial charge < -0.3 is 10.6 Å². The maximum absolute atomic E-state index is 11.5. The summed E-state index contributed by atoms with van der Waals surface area (Å²) in [6.45, 7) is 7.58. The molecule has 5 heteroatoms. The van der Waals surface area contributed by atoms with E-state index in [-0.39, 0.29) is 11.9 Å². The van der Waals surface area contributed by atoms with Gasteiger partial charge in [0.25, 0.3) is 0 Å². The van der Waals surface area contributed by atoms with Gasteiger partial charge in [0.05, 0.1) is 5.01 Å². The zero-order valence-corrected chi connectivity index (χ0v) is 11.6. The van der Waals surface area contributed by atoms with E-state index in [4.69, 9.17) is 0 Å². The van der Waals surface area contributed by atoms with Crippen LogP contribution in [0.2, 0.25) is 0 Å². The van der Waals surface area contributed by atoms with Crippen molar-refractivity contribution < 1.29 is 4.79 Å². The Balaban J connectivity index is 2.10. The van der Waals surface area contributed by atoms with Crippen LogP contribution in [0.15, 0.2) is 6.20 Å². The standard InChI is InChI=1S/C12H21N3OS/c1-4-9(2)15-12(16)5-6-13-7-11-8-14-10(3)17-11/h8-9,13H,4-7H2,1-3H3,(H,15,16). The number of carbonyl (C=O) groups excluding carboxylic acids is 1. The molecule has 0 bridgehead atoms. The monoisotopic (exact) mass is 255 g/mol. The normalized spacial score (nSPS) is 12.4. The molecule has 0 spiro atoms. The zero-order chi connectivity index (χ0) is 12.7. The highest BCUT2D eigenvalue weighted by atomic mass is 32.1. The van der Waals surface area contributed by atoms with Crippen LogP contribution < -0.4 is 10.6 Å². The Kier molecular flexibility index (Phi) is 6.15. The summed E-state index contributed by atoms with van der Waals surface area (Å²) < 4.78 is 0. The Morgan fingerprint density at radius 2 is 2.35 bits per heavy atom. The van der Waals surface area contributed by atoms with Gasteiger partial charge in [-0.15, -0.1) is 11.3 Å². The molecule has 1 aromatic rings. The van der Waals surface area contributed by atoms with Gasteiger partial charge >= 0.3 is 0 Å². The number of amides is 1. The summed E-state index contributed by atoms with van der Waals surface area (Å²) in [7, 11) is 0. The Bertz CT molecular complexity index is 351. The third kappa shape index (κ3) is 5.79. The van der Waals surface area contributed by atoms with Gasteiger partial charge in [0.1, 0.15) is 0 Å². The molecule has 1 amide bonds. The minimum absolute atomic E-state index is 0.118. The van der Waals surface area contributed by atoms with Crippen LogP contribution in [0, 0.1) is 6.92 Å². The number of hydrogen-bond acceptors (Lipinski definition) is 4. The molecule has 0 aliphatic rings. The number of thiazole rings is 1. The van der Waals surface area contributed by atoms with Crippen LogP contribution in [-0.4, -0.2) is 23.5 Å². The van der Waals surface area contributed by atoms with Crippen LogP contribution in [0.4, 0.5) is 0 Å². The van der Waals surface area contributed by atoms with Crippen molar-refractivity contribution in [3.05, 3.63) is 16.1 Å². The number of nitrogens with one attached hydrogen (secondary N) is 2. The fourth-order valence-electron chi connectivity index (χ4n) is 1.35. The Labute approximate surface area is 107 Å². The molecule has 17 heavy (non-hydrogen) atoms. The predicted molar refractivity (Wildman–Crippen MR) is 71.1 cm³/mol. The molecule has 1 heterocycles. The van der Waals surface area contributed by atoms with Crippen LogP contribution >= 0.6 is 11.3 Å². The molecule has 1 unspecified atom stereocenters. The van der Waals surface area contributed by atoms with E-state index >= 15 is 0 Å². The van der Waals surface area contributed by atoms with Gasteiger partial charge in [-0.1, -0.05) is 6.92 Å². The molecule has 96 valence electrons. The lowest BCUT2D eigenvalue weighted by Crippen LogP contribution is -2.33. The molecular weight excluding hydrogens is 234 g/mol. The molecular formula is C12H21N3OS. The molecule has 0 radical (unpaired) electrons. The second kappa shape index (κ2) is 7.40. The van der Waals surface area contributed by atoms with Crippen LogP contribution in [-0.2, 0) is 11.3 Å². The highest BCUT2D eigenvalue weighted by Crippen LogP contribution is 2.10. The zero-order valence-electron chi connectivity index (χ0n) is 10.7. The van der Waals surface area contributed by atoms with Crippen molar-refractivity contribution in [2.24, 2.45) is 0 Å².